The number of carbonyl (C=O) groups excluding carboxylic acids is 10. The Labute approximate surface area is 570 Å². The van der Waals surface area contributed by atoms with Crippen molar-refractivity contribution in [2.24, 2.45) is 41.2 Å². The molecule has 2 aromatic carbocycles. The van der Waals surface area contributed by atoms with E-state index in [1.807, 2.05) is 62.4 Å². The average Bonchev–Trinajstić information content (AvgIpc) is 1.79. The highest BCUT2D eigenvalue weighted by Gasteiger charge is 2.44. The van der Waals surface area contributed by atoms with Crippen molar-refractivity contribution in [2.75, 3.05) is 46.2 Å². The predicted molar refractivity (Wildman–Crippen MR) is 370 cm³/mol. The van der Waals surface area contributed by atoms with E-state index < -0.39 is 59.4 Å². The maximum absolute atomic E-state index is 14.8. The molecule has 2 aliphatic rings. The van der Waals surface area contributed by atoms with E-state index in [-0.39, 0.29) is 129 Å². The van der Waals surface area contributed by atoms with Crippen molar-refractivity contribution in [1.82, 2.24) is 35.6 Å². The largest absolute Gasteiger partial charge is 0.445 e. The fourth-order valence-corrected chi connectivity index (χ4v) is 13.7. The number of nitrogens with two attached hydrogens (primary N) is 1. The number of methoxy groups -OCH3 is 2. The lowest BCUT2D eigenvalue weighted by molar-refractivity contribution is -0.148. The number of unbranched alkanes of at least 4 members (excludes halogenated alkanes) is 2. The molecule has 0 radical (unpaired) electrons. The summed E-state index contributed by atoms with van der Waals surface area (Å²) in [5, 5.41) is 13.9. The number of urea groups is 1. The van der Waals surface area contributed by atoms with Crippen molar-refractivity contribution in [2.45, 2.75) is 201 Å². The first-order valence-electron chi connectivity index (χ1n) is 33.5. The molecule has 9 amide bonds. The molecule has 95 heavy (non-hydrogen) atoms. The summed E-state index contributed by atoms with van der Waals surface area (Å²) in [5.41, 5.74) is 5.95. The Balaban J connectivity index is 1.15. The van der Waals surface area contributed by atoms with Gasteiger partial charge in [0.1, 0.15) is 6.61 Å². The van der Waals surface area contributed by atoms with E-state index >= 15 is 0 Å². The van der Waals surface area contributed by atoms with Gasteiger partial charge in [0.15, 0.2) is 11.6 Å². The molecule has 1 aromatic heterocycles. The molecule has 24 heteroatoms. The number of likely N-dealkylation sites (tertiary alicyclic amines) is 1. The van der Waals surface area contributed by atoms with Crippen LogP contribution in [0.2, 0.25) is 0 Å². The van der Waals surface area contributed by atoms with Gasteiger partial charge < -0.3 is 51.0 Å². The molecule has 22 nitrogen and oxygen atoms in total. The van der Waals surface area contributed by atoms with E-state index in [1.54, 1.807) is 89.5 Å². The van der Waals surface area contributed by atoms with Gasteiger partial charge >= 0.3 is 12.1 Å². The van der Waals surface area contributed by atoms with Crippen LogP contribution in [0.1, 0.15) is 168 Å². The summed E-state index contributed by atoms with van der Waals surface area (Å²) in [5.74, 6) is -5.06. The summed E-state index contributed by atoms with van der Waals surface area (Å²) in [4.78, 5) is 143. The lowest BCUT2D eigenvalue weighted by Crippen LogP contribution is -2.55. The van der Waals surface area contributed by atoms with Gasteiger partial charge in [0.2, 0.25) is 23.6 Å². The van der Waals surface area contributed by atoms with E-state index in [4.69, 9.17) is 32.2 Å². The van der Waals surface area contributed by atoms with Crippen LogP contribution in [-0.4, -0.2) is 160 Å². The zero-order valence-electron chi connectivity index (χ0n) is 57.7. The van der Waals surface area contributed by atoms with Crippen molar-refractivity contribution in [1.29, 1.82) is 0 Å². The number of carbonyl (C=O) groups is 10. The molecule has 6 N–H and O–H groups in total. The van der Waals surface area contributed by atoms with Gasteiger partial charge in [-0.15, -0.1) is 11.3 Å². The van der Waals surface area contributed by atoms with Crippen LogP contribution in [0.4, 0.5) is 15.3 Å². The van der Waals surface area contributed by atoms with Crippen molar-refractivity contribution in [3.63, 3.8) is 0 Å². The van der Waals surface area contributed by atoms with Gasteiger partial charge in [-0.05, 0) is 111 Å². The maximum Gasteiger partial charge on any atom is 0.408 e. The van der Waals surface area contributed by atoms with Crippen LogP contribution in [0, 0.1) is 35.5 Å². The molecule has 5 rings (SSSR count). The van der Waals surface area contributed by atoms with Gasteiger partial charge in [0.25, 0.3) is 11.8 Å². The number of rotatable bonds is 41. The molecular formula is C71H103N9O13S2. The summed E-state index contributed by atoms with van der Waals surface area (Å²) in [6, 6.07) is 14.4. The predicted octanol–water partition coefficient (Wildman–Crippen LogP) is 9.67. The smallest absolute Gasteiger partial charge is 0.408 e. The standard InChI is InChI=1S/C71H103N9O13S2/c1-13-46(6)64(56(91-11)42-62(86)79-36-21-25-54(79)65(92-12)47(7)57(94)40-51(67-73-34-37-95-67)38-48-22-16-14-17-23-48)78(10)68(88)53(44(2)3)41-58(82)71(8,9)77-70(90)93-43-49-27-29-52(30-28-49)75-66(87)50(24-20-33-74-69(72)89)39-55(81)63(45(4)5)76-59(83)26-18-15-19-35-80-60(84)31-32-61(80)85/h14,16-17,22-23,27-32,34,37,44-47,50-51,53-54,56,63-65H,13,15,18-21,24-26,33,35-36,38-43H2,1-12H3,(H,75,87)(H,76,83)(H,77,90)(H3,72,74,89)/t46-,47-,50+,51+,53-,54-,56+,63-,64-,65+/m0/s1. The average molecular weight is 1350 g/mol. The van der Waals surface area contributed by atoms with Gasteiger partial charge in [-0.1, -0.05) is 116 Å². The SMILES string of the molecule is CC[C@H](C)[C@@H]([C@@H](CC(=O)N1CCC[C@H]1[C@H](OC)[C@@H](C)C(=S)C[C@@H](Cc1ccccc1)c1nccs1)OC)N(C)C(=O)[C@@H](CC(=O)C(C)(C)NC(=O)OCc1ccc(NC(=O)[C@H](CCCNC(N)=O)CC(=O)[C@@H](NC(=O)CCCCCN2C(=O)C=CC2=O)C(C)C)cc1)C(C)C. The van der Waals surface area contributed by atoms with Crippen molar-refractivity contribution < 1.29 is 62.2 Å². The highest BCUT2D eigenvalue weighted by Crippen LogP contribution is 2.35. The van der Waals surface area contributed by atoms with Crippen LogP contribution in [0.5, 0.6) is 0 Å². The minimum Gasteiger partial charge on any atom is -0.445 e. The molecule has 0 aliphatic carbocycles. The second kappa shape index (κ2) is 38.5. The molecule has 522 valence electrons. The zero-order chi connectivity index (χ0) is 70.1. The Bertz CT molecular complexity index is 3070. The number of likely N-dealkylation sites (N-methyl/N-ethyl adjacent to an activating group) is 1. The number of thiocarbonyl (C=S) groups is 1. The van der Waals surface area contributed by atoms with E-state index in [0.29, 0.717) is 56.3 Å². The van der Waals surface area contributed by atoms with Crippen LogP contribution in [0.3, 0.4) is 0 Å². The second-order valence-corrected chi connectivity index (χ2v) is 28.0. The number of hydrogen-bond acceptors (Lipinski definition) is 16. The molecule has 3 aromatic rings. The Morgan fingerprint density at radius 3 is 2.13 bits per heavy atom. The monoisotopic (exact) mass is 1350 g/mol. The number of hydrogen-bond donors (Lipinski definition) is 5. The van der Waals surface area contributed by atoms with Gasteiger partial charge in [-0.3, -0.25) is 43.3 Å². The summed E-state index contributed by atoms with van der Waals surface area (Å²) < 4.78 is 18.0. The number of Topliss-reactive ketones (excluding diaryl/α,β-unsaturated/α-hetero) is 2. The van der Waals surface area contributed by atoms with Crippen molar-refractivity contribution in [3.8, 4) is 0 Å². The van der Waals surface area contributed by atoms with E-state index in [9.17, 15) is 47.9 Å². The molecular weight excluding hydrogens is 1250 g/mol. The summed E-state index contributed by atoms with van der Waals surface area (Å²) in [6.07, 6.45) is 7.85. The summed E-state index contributed by atoms with van der Waals surface area (Å²) in [6.45, 7) is 17.3. The number of nitrogens with zero attached hydrogens (tertiary/aromatic N) is 4. The van der Waals surface area contributed by atoms with Crippen LogP contribution >= 0.6 is 23.6 Å². The lowest BCUT2D eigenvalue weighted by Gasteiger charge is -2.41. The van der Waals surface area contributed by atoms with E-state index in [2.05, 4.69) is 45.3 Å². The topological polar surface area (TPSA) is 295 Å². The third-order valence-electron chi connectivity index (χ3n) is 18.5. The van der Waals surface area contributed by atoms with Crippen LogP contribution in [0.15, 0.2) is 78.3 Å². The molecule has 1 saturated heterocycles. The van der Waals surface area contributed by atoms with E-state index in [1.165, 1.54) is 17.7 Å². The highest BCUT2D eigenvalue weighted by molar-refractivity contribution is 7.80. The fraction of sp³-hybridized carbons (Fsp3) is 0.606. The summed E-state index contributed by atoms with van der Waals surface area (Å²) >= 11 is 7.82. The number of primary amides is 1. The van der Waals surface area contributed by atoms with Gasteiger partial charge in [-0.2, -0.15) is 0 Å². The molecule has 10 atom stereocenters. The molecule has 0 spiro atoms. The van der Waals surface area contributed by atoms with Gasteiger partial charge in [0.05, 0.1) is 47.3 Å². The molecule has 3 heterocycles. The maximum atomic E-state index is 14.8. The Kier molecular flexibility index (Phi) is 31.7. The highest BCUT2D eigenvalue weighted by atomic mass is 32.1. The van der Waals surface area contributed by atoms with Crippen molar-refractivity contribution in [3.05, 3.63) is 94.5 Å². The first kappa shape index (κ1) is 78.4. The quantitative estimate of drug-likeness (QED) is 0.0201. The van der Waals surface area contributed by atoms with Crippen LogP contribution < -0.4 is 27.0 Å². The number of thiazole rings is 1. The third kappa shape index (κ3) is 23.8. The van der Waals surface area contributed by atoms with Crippen LogP contribution in [0.25, 0.3) is 0 Å². The first-order valence-corrected chi connectivity index (χ1v) is 34.7. The zero-order valence-corrected chi connectivity index (χ0v) is 59.3. The number of ether oxygens (including phenoxy) is 3. The molecule has 2 aliphatic heterocycles. The molecule has 0 saturated carbocycles. The molecule has 0 bridgehead atoms. The number of aromatic nitrogens is 1. The van der Waals surface area contributed by atoms with Crippen LogP contribution in [-0.2, 0) is 65.6 Å². The molecule has 0 unspecified atom stereocenters. The fourth-order valence-electron chi connectivity index (χ4n) is 12.6. The minimum absolute atomic E-state index is 0.0115. The van der Waals surface area contributed by atoms with Crippen molar-refractivity contribution >= 4 is 93.2 Å². The lowest BCUT2D eigenvalue weighted by atomic mass is 9.83. The van der Waals surface area contributed by atoms with Gasteiger partial charge in [-0.25, -0.2) is 14.6 Å². The number of ketones is 2. The molecule has 1 fully saturated rings. The first-order chi connectivity index (χ1) is 45.1. The Morgan fingerprint density at radius 1 is 0.842 bits per heavy atom. The summed E-state index contributed by atoms with van der Waals surface area (Å²) in [7, 11) is 4.94. The number of benzene rings is 2. The number of alkyl carbamates (subject to hydrolysis) is 1. The second-order valence-electron chi connectivity index (χ2n) is 26.6. The Hall–Kier alpha value is -7.28. The van der Waals surface area contributed by atoms with E-state index in [0.717, 1.165) is 34.0 Å². The number of nitrogens with one attached hydrogen (secondary N) is 4. The number of imide groups is 1. The Morgan fingerprint density at radius 2 is 1.53 bits per heavy atom. The third-order valence-corrected chi connectivity index (χ3v) is 20.0. The normalized spacial score (nSPS) is 16.9. The number of amides is 9. The van der Waals surface area contributed by atoms with Gasteiger partial charge in [0, 0.05) is 113 Å². The minimum atomic E-state index is -1.46. The number of anilines is 1.